The van der Waals surface area contributed by atoms with Gasteiger partial charge in [0.15, 0.2) is 0 Å². The van der Waals surface area contributed by atoms with E-state index >= 15 is 0 Å². The average Bonchev–Trinajstić information content (AvgIpc) is 2.52. The van der Waals surface area contributed by atoms with Crippen LogP contribution < -0.4 is 5.32 Å². The van der Waals surface area contributed by atoms with Gasteiger partial charge in [0, 0.05) is 12.6 Å². The van der Waals surface area contributed by atoms with E-state index in [4.69, 9.17) is 4.74 Å². The number of ether oxygens (including phenoxy) is 1. The van der Waals surface area contributed by atoms with Gasteiger partial charge in [-0.3, -0.25) is 0 Å². The first-order chi connectivity index (χ1) is 9.75. The molecule has 0 aromatic heterocycles. The first-order valence-electron chi connectivity index (χ1n) is 8.78. The molecule has 118 valence electrons. The summed E-state index contributed by atoms with van der Waals surface area (Å²) in [5, 5.41) is 13.5. The smallest absolute Gasteiger partial charge is 0.0897 e. The van der Waals surface area contributed by atoms with Crippen LogP contribution >= 0.6 is 0 Å². The van der Waals surface area contributed by atoms with Crippen molar-refractivity contribution in [3.05, 3.63) is 0 Å². The molecule has 0 spiro atoms. The topological polar surface area (TPSA) is 41.5 Å². The third kappa shape index (κ3) is 5.71. The lowest BCUT2D eigenvalue weighted by Gasteiger charge is -2.29. The highest BCUT2D eigenvalue weighted by Gasteiger charge is 2.21. The highest BCUT2D eigenvalue weighted by molar-refractivity contribution is 4.77. The minimum Gasteiger partial charge on any atom is -0.389 e. The van der Waals surface area contributed by atoms with E-state index in [9.17, 15) is 5.11 Å². The van der Waals surface area contributed by atoms with Gasteiger partial charge in [0.25, 0.3) is 0 Å². The molecule has 0 aromatic carbocycles. The van der Waals surface area contributed by atoms with Crippen molar-refractivity contribution in [1.82, 2.24) is 5.32 Å². The van der Waals surface area contributed by atoms with Gasteiger partial charge in [-0.15, -0.1) is 0 Å². The van der Waals surface area contributed by atoms with Crippen LogP contribution in [0.1, 0.15) is 71.1 Å². The number of nitrogens with one attached hydrogen (secondary N) is 1. The Balaban J connectivity index is 1.55. The van der Waals surface area contributed by atoms with Gasteiger partial charge in [0.05, 0.1) is 18.8 Å². The Labute approximate surface area is 124 Å². The second-order valence-electron chi connectivity index (χ2n) is 6.84. The van der Waals surface area contributed by atoms with E-state index in [0.717, 1.165) is 5.92 Å². The van der Waals surface area contributed by atoms with Crippen LogP contribution in [-0.2, 0) is 4.74 Å². The highest BCUT2D eigenvalue weighted by Crippen LogP contribution is 2.26. The van der Waals surface area contributed by atoms with Gasteiger partial charge in [-0.05, 0) is 38.5 Å². The van der Waals surface area contributed by atoms with Crippen LogP contribution in [-0.4, -0.2) is 36.5 Å². The normalized spacial score (nSPS) is 25.5. The zero-order chi connectivity index (χ0) is 14.2. The molecule has 0 amide bonds. The van der Waals surface area contributed by atoms with E-state index in [2.05, 4.69) is 12.2 Å². The van der Waals surface area contributed by atoms with E-state index in [1.165, 1.54) is 64.2 Å². The Morgan fingerprint density at radius 3 is 2.25 bits per heavy atom. The predicted molar refractivity (Wildman–Crippen MR) is 82.9 cm³/mol. The van der Waals surface area contributed by atoms with Crippen LogP contribution in [0.3, 0.4) is 0 Å². The summed E-state index contributed by atoms with van der Waals surface area (Å²) >= 11 is 0. The van der Waals surface area contributed by atoms with Gasteiger partial charge < -0.3 is 15.2 Å². The van der Waals surface area contributed by atoms with Crippen LogP contribution in [0, 0.1) is 5.92 Å². The highest BCUT2D eigenvalue weighted by atomic mass is 16.5. The Hall–Kier alpha value is -0.120. The second kappa shape index (κ2) is 9.01. The summed E-state index contributed by atoms with van der Waals surface area (Å²) in [6.07, 6.45) is 13.2. The van der Waals surface area contributed by atoms with Crippen LogP contribution in [0.2, 0.25) is 0 Å². The molecule has 3 nitrogen and oxygen atoms in total. The molecule has 0 bridgehead atoms. The van der Waals surface area contributed by atoms with Crippen molar-refractivity contribution in [3.63, 3.8) is 0 Å². The predicted octanol–water partition coefficient (Wildman–Crippen LogP) is 3.26. The van der Waals surface area contributed by atoms with Crippen LogP contribution in [0.15, 0.2) is 0 Å². The maximum Gasteiger partial charge on any atom is 0.0897 e. The summed E-state index contributed by atoms with van der Waals surface area (Å²) in [6, 6.07) is 0.527. The second-order valence-corrected chi connectivity index (χ2v) is 6.84. The quantitative estimate of drug-likeness (QED) is 0.753. The molecule has 2 aliphatic rings. The van der Waals surface area contributed by atoms with E-state index < -0.39 is 0 Å². The molecule has 2 saturated carbocycles. The summed E-state index contributed by atoms with van der Waals surface area (Å²) < 4.78 is 5.83. The maximum atomic E-state index is 10.0. The molecule has 2 rings (SSSR count). The SMILES string of the molecule is C[C@@H](NCC(O)COC1CCCCC1)C1CCCCC1. The van der Waals surface area contributed by atoms with Crippen LogP contribution in [0.25, 0.3) is 0 Å². The fraction of sp³-hybridized carbons (Fsp3) is 1.00. The van der Waals surface area contributed by atoms with E-state index in [0.29, 0.717) is 25.3 Å². The fourth-order valence-corrected chi connectivity index (χ4v) is 3.66. The standard InChI is InChI=1S/C17H33NO2/c1-14(15-8-4-2-5-9-15)18-12-16(19)13-20-17-10-6-3-7-11-17/h14-19H,2-13H2,1H3/t14-,16?/m1/s1. The Kier molecular flexibility index (Phi) is 7.32. The van der Waals surface area contributed by atoms with E-state index in [1.54, 1.807) is 0 Å². The molecule has 2 aliphatic carbocycles. The molecule has 2 N–H and O–H groups in total. The van der Waals surface area contributed by atoms with Crippen molar-refractivity contribution < 1.29 is 9.84 Å². The molecule has 0 aliphatic heterocycles. The average molecular weight is 283 g/mol. The Morgan fingerprint density at radius 2 is 1.60 bits per heavy atom. The zero-order valence-corrected chi connectivity index (χ0v) is 13.2. The van der Waals surface area contributed by atoms with Crippen molar-refractivity contribution in [2.75, 3.05) is 13.2 Å². The largest absolute Gasteiger partial charge is 0.389 e. The third-order valence-corrected chi connectivity index (χ3v) is 5.11. The number of aliphatic hydroxyl groups excluding tert-OH is 1. The molecular weight excluding hydrogens is 250 g/mol. The molecule has 0 heterocycles. The first-order valence-corrected chi connectivity index (χ1v) is 8.78. The molecule has 1 unspecified atom stereocenters. The summed E-state index contributed by atoms with van der Waals surface area (Å²) in [5.41, 5.74) is 0. The van der Waals surface area contributed by atoms with Crippen molar-refractivity contribution in [3.8, 4) is 0 Å². The molecule has 2 atom stereocenters. The van der Waals surface area contributed by atoms with Gasteiger partial charge in [-0.25, -0.2) is 0 Å². The minimum atomic E-state index is -0.358. The van der Waals surface area contributed by atoms with Crippen molar-refractivity contribution >= 4 is 0 Å². The fourth-order valence-electron chi connectivity index (χ4n) is 3.66. The summed E-state index contributed by atoms with van der Waals surface area (Å²) in [5.74, 6) is 0.801. The van der Waals surface area contributed by atoms with Crippen molar-refractivity contribution in [1.29, 1.82) is 0 Å². The Morgan fingerprint density at radius 1 is 1.00 bits per heavy atom. The number of hydrogen-bond acceptors (Lipinski definition) is 3. The molecule has 20 heavy (non-hydrogen) atoms. The van der Waals surface area contributed by atoms with Gasteiger partial charge in [-0.2, -0.15) is 0 Å². The van der Waals surface area contributed by atoms with Crippen LogP contribution in [0.4, 0.5) is 0 Å². The van der Waals surface area contributed by atoms with Gasteiger partial charge >= 0.3 is 0 Å². The molecule has 2 fully saturated rings. The molecular formula is C17H33NO2. The van der Waals surface area contributed by atoms with Crippen molar-refractivity contribution in [2.45, 2.75) is 89.4 Å². The van der Waals surface area contributed by atoms with E-state index in [-0.39, 0.29) is 6.10 Å². The summed E-state index contributed by atoms with van der Waals surface area (Å²) in [6.45, 7) is 3.43. The molecule has 0 radical (unpaired) electrons. The minimum absolute atomic E-state index is 0.358. The van der Waals surface area contributed by atoms with Gasteiger partial charge in [0.2, 0.25) is 0 Å². The zero-order valence-electron chi connectivity index (χ0n) is 13.2. The van der Waals surface area contributed by atoms with E-state index in [1.807, 2.05) is 0 Å². The lowest BCUT2D eigenvalue weighted by molar-refractivity contribution is -0.0240. The Bertz CT molecular complexity index is 247. The summed E-state index contributed by atoms with van der Waals surface area (Å²) in [7, 11) is 0. The maximum absolute atomic E-state index is 10.0. The lowest BCUT2D eigenvalue weighted by Crippen LogP contribution is -2.41. The van der Waals surface area contributed by atoms with Gasteiger partial charge in [-0.1, -0.05) is 38.5 Å². The van der Waals surface area contributed by atoms with Gasteiger partial charge in [0.1, 0.15) is 0 Å². The van der Waals surface area contributed by atoms with Crippen molar-refractivity contribution in [2.24, 2.45) is 5.92 Å². The summed E-state index contributed by atoms with van der Waals surface area (Å²) in [4.78, 5) is 0. The number of hydrogen-bond donors (Lipinski definition) is 2. The molecule has 0 saturated heterocycles. The first kappa shape index (κ1) is 16.3. The number of rotatable bonds is 7. The molecule has 0 aromatic rings. The van der Waals surface area contributed by atoms with Crippen LogP contribution in [0.5, 0.6) is 0 Å². The third-order valence-electron chi connectivity index (χ3n) is 5.11. The molecule has 3 heteroatoms. The lowest BCUT2D eigenvalue weighted by atomic mass is 9.84. The monoisotopic (exact) mass is 283 g/mol. The number of aliphatic hydroxyl groups is 1.